The molecule has 1 aromatic heterocycles. The van der Waals surface area contributed by atoms with Crippen LogP contribution in [0.1, 0.15) is 5.69 Å². The van der Waals surface area contributed by atoms with Crippen molar-refractivity contribution in [3.8, 4) is 12.3 Å². The van der Waals surface area contributed by atoms with E-state index in [4.69, 9.17) is 29.6 Å². The SMILES string of the molecule is C#CCN=C(Nc1ccc(Cl)cc1Cl)c1cncn1C. The second-order valence-corrected chi connectivity index (χ2v) is 4.85. The van der Waals surface area contributed by atoms with Crippen LogP contribution in [0.25, 0.3) is 0 Å². The number of aromatic nitrogens is 2. The summed E-state index contributed by atoms with van der Waals surface area (Å²) in [5, 5.41) is 4.24. The first kappa shape index (κ1) is 14.4. The van der Waals surface area contributed by atoms with E-state index in [-0.39, 0.29) is 6.54 Å². The summed E-state index contributed by atoms with van der Waals surface area (Å²) in [7, 11) is 1.87. The Morgan fingerprint density at radius 3 is 2.90 bits per heavy atom. The van der Waals surface area contributed by atoms with Crippen LogP contribution in [0.3, 0.4) is 0 Å². The van der Waals surface area contributed by atoms with Crippen LogP contribution in [-0.2, 0) is 7.05 Å². The van der Waals surface area contributed by atoms with Crippen LogP contribution in [0.4, 0.5) is 5.69 Å². The third-order valence-corrected chi connectivity index (χ3v) is 3.12. The Bertz CT molecular complexity index is 683. The summed E-state index contributed by atoms with van der Waals surface area (Å²) in [6, 6.07) is 5.19. The smallest absolute Gasteiger partial charge is 0.152 e. The molecule has 0 unspecified atom stereocenters. The van der Waals surface area contributed by atoms with Crippen molar-refractivity contribution >= 4 is 34.7 Å². The molecule has 0 amide bonds. The van der Waals surface area contributed by atoms with Crippen LogP contribution in [0.15, 0.2) is 35.7 Å². The molecule has 0 spiro atoms. The average molecular weight is 307 g/mol. The van der Waals surface area contributed by atoms with Gasteiger partial charge in [-0.25, -0.2) is 4.98 Å². The average Bonchev–Trinajstić information content (AvgIpc) is 2.83. The van der Waals surface area contributed by atoms with Gasteiger partial charge in [0.25, 0.3) is 0 Å². The molecule has 0 fully saturated rings. The van der Waals surface area contributed by atoms with E-state index in [2.05, 4.69) is 21.2 Å². The number of imidazole rings is 1. The maximum atomic E-state index is 6.14. The van der Waals surface area contributed by atoms with E-state index in [0.717, 1.165) is 5.69 Å². The highest BCUT2D eigenvalue weighted by Gasteiger charge is 2.10. The standard InChI is InChI=1S/C14H12Cl2N4/c1-3-6-18-14(13-8-17-9-20(13)2)19-12-5-4-10(15)7-11(12)16/h1,4-5,7-9H,6H2,2H3,(H,18,19). The van der Waals surface area contributed by atoms with Crippen LogP contribution in [0, 0.1) is 12.3 Å². The Kier molecular flexibility index (Phi) is 4.67. The largest absolute Gasteiger partial charge is 0.337 e. The zero-order chi connectivity index (χ0) is 14.5. The number of aliphatic imine (C=N–C) groups is 1. The first-order chi connectivity index (χ1) is 9.61. The Morgan fingerprint density at radius 2 is 2.30 bits per heavy atom. The van der Waals surface area contributed by atoms with E-state index < -0.39 is 0 Å². The van der Waals surface area contributed by atoms with E-state index in [9.17, 15) is 0 Å². The molecule has 0 aliphatic rings. The number of aryl methyl sites for hydroxylation is 1. The molecule has 0 saturated carbocycles. The summed E-state index contributed by atoms with van der Waals surface area (Å²) in [6.45, 7) is 0.263. The number of nitrogens with zero attached hydrogens (tertiary/aromatic N) is 3. The number of hydrogen-bond donors (Lipinski definition) is 1. The van der Waals surface area contributed by atoms with Gasteiger partial charge in [0.2, 0.25) is 0 Å². The molecule has 6 heteroatoms. The molecule has 0 aliphatic carbocycles. The Labute approximate surface area is 127 Å². The normalized spacial score (nSPS) is 11.2. The van der Waals surface area contributed by atoms with Crippen molar-refractivity contribution in [1.29, 1.82) is 0 Å². The number of amidine groups is 1. The molecule has 1 heterocycles. The summed E-state index contributed by atoms with van der Waals surface area (Å²) < 4.78 is 1.84. The lowest BCUT2D eigenvalue weighted by Gasteiger charge is -2.11. The highest BCUT2D eigenvalue weighted by Crippen LogP contribution is 2.25. The number of anilines is 1. The highest BCUT2D eigenvalue weighted by molar-refractivity contribution is 6.36. The van der Waals surface area contributed by atoms with E-state index in [1.807, 2.05) is 11.6 Å². The highest BCUT2D eigenvalue weighted by atomic mass is 35.5. The molecule has 102 valence electrons. The Balaban J connectivity index is 2.34. The van der Waals surface area contributed by atoms with E-state index >= 15 is 0 Å². The van der Waals surface area contributed by atoms with Gasteiger partial charge < -0.3 is 9.88 Å². The van der Waals surface area contributed by atoms with Gasteiger partial charge in [-0.2, -0.15) is 0 Å². The molecule has 0 radical (unpaired) electrons. The van der Waals surface area contributed by atoms with Crippen LogP contribution < -0.4 is 5.32 Å². The Hall–Kier alpha value is -1.96. The molecule has 1 aromatic carbocycles. The fourth-order valence-electron chi connectivity index (χ4n) is 1.61. The van der Waals surface area contributed by atoms with Gasteiger partial charge in [-0.15, -0.1) is 6.42 Å². The number of halogens is 2. The first-order valence-corrected chi connectivity index (χ1v) is 6.54. The maximum Gasteiger partial charge on any atom is 0.152 e. The fourth-order valence-corrected chi connectivity index (χ4v) is 2.07. The van der Waals surface area contributed by atoms with Gasteiger partial charge in [0, 0.05) is 12.1 Å². The number of rotatable bonds is 3. The molecule has 0 bridgehead atoms. The minimum Gasteiger partial charge on any atom is -0.337 e. The summed E-state index contributed by atoms with van der Waals surface area (Å²) in [5.41, 5.74) is 1.51. The van der Waals surface area contributed by atoms with Gasteiger partial charge >= 0.3 is 0 Å². The number of hydrogen-bond acceptors (Lipinski definition) is 2. The van der Waals surface area contributed by atoms with Gasteiger partial charge in [0.1, 0.15) is 12.2 Å². The van der Waals surface area contributed by atoms with Crippen LogP contribution in [0.5, 0.6) is 0 Å². The van der Waals surface area contributed by atoms with Crippen molar-refractivity contribution < 1.29 is 0 Å². The molecule has 2 aromatic rings. The molecule has 0 atom stereocenters. The number of nitrogens with one attached hydrogen (secondary N) is 1. The topological polar surface area (TPSA) is 42.2 Å². The van der Waals surface area contributed by atoms with Crippen LogP contribution >= 0.6 is 23.2 Å². The molecule has 0 saturated heterocycles. The summed E-state index contributed by atoms with van der Waals surface area (Å²) >= 11 is 12.0. The molecule has 1 N–H and O–H groups in total. The summed E-state index contributed by atoms with van der Waals surface area (Å²) in [6.07, 6.45) is 8.65. The van der Waals surface area contributed by atoms with E-state index in [0.29, 0.717) is 21.6 Å². The van der Waals surface area contributed by atoms with Gasteiger partial charge in [-0.1, -0.05) is 29.1 Å². The van der Waals surface area contributed by atoms with Gasteiger partial charge in [-0.05, 0) is 18.2 Å². The van der Waals surface area contributed by atoms with Crippen LogP contribution in [-0.4, -0.2) is 21.9 Å². The Morgan fingerprint density at radius 1 is 1.50 bits per heavy atom. The summed E-state index contributed by atoms with van der Waals surface area (Å²) in [5.74, 6) is 3.08. The lowest BCUT2D eigenvalue weighted by Crippen LogP contribution is -2.17. The number of terminal acetylenes is 1. The van der Waals surface area contributed by atoms with Crippen molar-refractivity contribution in [2.45, 2.75) is 0 Å². The minimum absolute atomic E-state index is 0.263. The monoisotopic (exact) mass is 306 g/mol. The van der Waals surface area contributed by atoms with Crippen LogP contribution in [0.2, 0.25) is 10.0 Å². The maximum absolute atomic E-state index is 6.14. The van der Waals surface area contributed by atoms with Crippen molar-refractivity contribution in [3.63, 3.8) is 0 Å². The second kappa shape index (κ2) is 6.47. The third kappa shape index (κ3) is 3.32. The zero-order valence-electron chi connectivity index (χ0n) is 10.8. The first-order valence-electron chi connectivity index (χ1n) is 5.78. The molecule has 4 nitrogen and oxygen atoms in total. The molecular formula is C14H12Cl2N4. The molecule has 2 rings (SSSR count). The predicted octanol–water partition coefficient (Wildman–Crippen LogP) is 3.22. The van der Waals surface area contributed by atoms with Crippen molar-refractivity contribution in [2.75, 3.05) is 11.9 Å². The van der Waals surface area contributed by atoms with E-state index in [1.165, 1.54) is 0 Å². The quantitative estimate of drug-likeness (QED) is 0.537. The zero-order valence-corrected chi connectivity index (χ0v) is 12.3. The van der Waals surface area contributed by atoms with Crippen molar-refractivity contribution in [1.82, 2.24) is 9.55 Å². The lowest BCUT2D eigenvalue weighted by atomic mass is 10.3. The van der Waals surface area contributed by atoms with Gasteiger partial charge in [0.15, 0.2) is 5.84 Å². The van der Waals surface area contributed by atoms with Gasteiger partial charge in [0.05, 0.1) is 23.2 Å². The third-order valence-electron chi connectivity index (χ3n) is 2.57. The lowest BCUT2D eigenvalue weighted by molar-refractivity contribution is 0.900. The van der Waals surface area contributed by atoms with Crippen molar-refractivity contribution in [3.05, 3.63) is 46.5 Å². The van der Waals surface area contributed by atoms with Crippen molar-refractivity contribution in [2.24, 2.45) is 12.0 Å². The minimum atomic E-state index is 0.263. The fraction of sp³-hybridized carbons (Fsp3) is 0.143. The molecule has 20 heavy (non-hydrogen) atoms. The molecule has 0 aliphatic heterocycles. The molecular weight excluding hydrogens is 295 g/mol. The second-order valence-electron chi connectivity index (χ2n) is 4.01. The summed E-state index contributed by atoms with van der Waals surface area (Å²) in [4.78, 5) is 8.39. The predicted molar refractivity (Wildman–Crippen MR) is 83.5 cm³/mol. The van der Waals surface area contributed by atoms with E-state index in [1.54, 1.807) is 30.7 Å². The van der Waals surface area contributed by atoms with Gasteiger partial charge in [-0.3, -0.25) is 4.99 Å². The number of benzene rings is 1.